The number of aliphatic carboxylic acids is 2. The zero-order chi connectivity index (χ0) is 19.8. The Bertz CT molecular complexity index is 568. The van der Waals surface area contributed by atoms with Crippen LogP contribution in [0.1, 0.15) is 11.3 Å². The van der Waals surface area contributed by atoms with E-state index in [-0.39, 0.29) is 0 Å². The van der Waals surface area contributed by atoms with Gasteiger partial charge in [-0.25, -0.2) is 9.59 Å². The van der Waals surface area contributed by atoms with Gasteiger partial charge in [-0.1, -0.05) is 6.07 Å². The molecule has 0 unspecified atom stereocenters. The zero-order valence-electron chi connectivity index (χ0n) is 12.0. The van der Waals surface area contributed by atoms with Gasteiger partial charge in [0.15, 0.2) is 0 Å². The fourth-order valence-electron chi connectivity index (χ4n) is 1.30. The van der Waals surface area contributed by atoms with Crippen LogP contribution in [0.15, 0.2) is 18.3 Å². The summed E-state index contributed by atoms with van der Waals surface area (Å²) in [6, 6.07) is 3.90. The van der Waals surface area contributed by atoms with Crippen molar-refractivity contribution in [2.75, 3.05) is 0 Å². The molecule has 1 aliphatic heterocycles. The lowest BCUT2D eigenvalue weighted by molar-refractivity contribution is -0.193. The summed E-state index contributed by atoms with van der Waals surface area (Å²) in [6.07, 6.45) is -7.55. The van der Waals surface area contributed by atoms with E-state index in [2.05, 4.69) is 4.98 Å². The van der Waals surface area contributed by atoms with Crippen LogP contribution in [0.4, 0.5) is 26.3 Å². The second kappa shape index (κ2) is 8.84. The third-order valence-electron chi connectivity index (χ3n) is 2.34. The Morgan fingerprint density at radius 2 is 1.48 bits per heavy atom. The number of carbonyl (C=O) groups excluding carboxylic acids is 1. The van der Waals surface area contributed by atoms with Gasteiger partial charge in [0.2, 0.25) is 6.41 Å². The van der Waals surface area contributed by atoms with Crippen molar-refractivity contribution in [3.63, 3.8) is 0 Å². The Balaban J connectivity index is 0.000000366. The minimum absolute atomic E-state index is 0.666. The predicted molar refractivity (Wildman–Crippen MR) is 66.9 cm³/mol. The van der Waals surface area contributed by atoms with Crippen molar-refractivity contribution in [2.45, 2.75) is 25.4 Å². The van der Waals surface area contributed by atoms with E-state index in [1.165, 1.54) is 5.56 Å². The van der Waals surface area contributed by atoms with Crippen LogP contribution in [-0.4, -0.2) is 50.8 Å². The number of aromatic nitrogens is 1. The lowest BCUT2D eigenvalue weighted by Gasteiger charge is -2.03. The molecule has 0 spiro atoms. The SMILES string of the molecule is O=C(O)C(F)(F)F.O=C(O)C(F)(F)F.O=CN1Cc2cccnc2C1. The van der Waals surface area contributed by atoms with E-state index < -0.39 is 24.3 Å². The molecule has 0 aromatic carbocycles. The number of nitrogens with zero attached hydrogens (tertiary/aromatic N) is 2. The maximum atomic E-state index is 10.6. The molecule has 13 heteroatoms. The molecule has 0 radical (unpaired) electrons. The van der Waals surface area contributed by atoms with Crippen molar-refractivity contribution in [2.24, 2.45) is 0 Å². The average Bonchev–Trinajstić information content (AvgIpc) is 2.89. The average molecular weight is 376 g/mol. The monoisotopic (exact) mass is 376 g/mol. The van der Waals surface area contributed by atoms with Gasteiger partial charge in [-0.2, -0.15) is 26.3 Å². The van der Waals surface area contributed by atoms with Crippen LogP contribution in [0.2, 0.25) is 0 Å². The standard InChI is InChI=1S/C8H8N2O.2C2HF3O2/c11-6-10-4-7-2-1-3-9-8(7)5-10;2*3-2(4,5)1(6)7/h1-3,6H,4-5H2;2*(H,6,7). The number of halogens is 6. The molecule has 0 bridgehead atoms. The molecule has 0 saturated carbocycles. The number of alkyl halides is 6. The number of carboxylic acids is 2. The highest BCUT2D eigenvalue weighted by Crippen LogP contribution is 2.17. The maximum absolute atomic E-state index is 10.6. The number of amides is 1. The fourth-order valence-corrected chi connectivity index (χ4v) is 1.30. The molecule has 0 atom stereocenters. The van der Waals surface area contributed by atoms with Gasteiger partial charge >= 0.3 is 24.3 Å². The van der Waals surface area contributed by atoms with Gasteiger partial charge in [0.05, 0.1) is 12.2 Å². The second-order valence-corrected chi connectivity index (χ2v) is 4.23. The number of hydrogen-bond acceptors (Lipinski definition) is 4. The zero-order valence-corrected chi connectivity index (χ0v) is 12.0. The van der Waals surface area contributed by atoms with E-state index in [1.807, 2.05) is 12.1 Å². The quantitative estimate of drug-likeness (QED) is 0.572. The van der Waals surface area contributed by atoms with Gasteiger partial charge in [-0.15, -0.1) is 0 Å². The smallest absolute Gasteiger partial charge is 0.475 e. The Morgan fingerprint density at radius 1 is 1.04 bits per heavy atom. The van der Waals surface area contributed by atoms with Crippen LogP contribution >= 0.6 is 0 Å². The first-order valence-corrected chi connectivity index (χ1v) is 6.01. The predicted octanol–water partition coefficient (Wildman–Crippen LogP) is 1.82. The number of fused-ring (bicyclic) bond motifs is 1. The number of carbonyl (C=O) groups is 3. The highest BCUT2D eigenvalue weighted by atomic mass is 19.4. The molecule has 140 valence electrons. The summed E-state index contributed by atoms with van der Waals surface area (Å²) in [5.74, 6) is -5.51. The topological polar surface area (TPSA) is 108 Å². The highest BCUT2D eigenvalue weighted by Gasteiger charge is 2.38. The second-order valence-electron chi connectivity index (χ2n) is 4.23. The van der Waals surface area contributed by atoms with E-state index in [4.69, 9.17) is 19.8 Å². The third kappa shape index (κ3) is 8.53. The van der Waals surface area contributed by atoms with Crippen molar-refractivity contribution in [1.29, 1.82) is 0 Å². The summed E-state index contributed by atoms with van der Waals surface area (Å²) in [7, 11) is 0. The van der Waals surface area contributed by atoms with E-state index in [0.717, 1.165) is 12.1 Å². The van der Waals surface area contributed by atoms with Gasteiger partial charge in [-0.05, 0) is 11.6 Å². The van der Waals surface area contributed by atoms with E-state index in [0.29, 0.717) is 13.1 Å². The summed E-state index contributed by atoms with van der Waals surface area (Å²) in [5.41, 5.74) is 2.19. The molecule has 1 aromatic heterocycles. The minimum Gasteiger partial charge on any atom is -0.475 e. The summed E-state index contributed by atoms with van der Waals surface area (Å²) in [5, 5.41) is 14.2. The van der Waals surface area contributed by atoms with Crippen molar-refractivity contribution in [3.8, 4) is 0 Å². The molecular formula is C12H10F6N2O5. The molecule has 2 rings (SSSR count). The van der Waals surface area contributed by atoms with Crippen LogP contribution in [0.25, 0.3) is 0 Å². The molecular weight excluding hydrogens is 366 g/mol. The summed E-state index contributed by atoms with van der Waals surface area (Å²) >= 11 is 0. The van der Waals surface area contributed by atoms with Crippen LogP contribution in [-0.2, 0) is 27.5 Å². The Labute approximate surface area is 135 Å². The van der Waals surface area contributed by atoms with Crippen molar-refractivity contribution in [3.05, 3.63) is 29.6 Å². The number of carboxylic acid groups (broad SMARTS) is 2. The summed E-state index contributed by atoms with van der Waals surface area (Å²) in [4.78, 5) is 34.0. The molecule has 2 N–H and O–H groups in total. The maximum Gasteiger partial charge on any atom is 0.490 e. The number of rotatable bonds is 1. The van der Waals surface area contributed by atoms with E-state index in [9.17, 15) is 31.1 Å². The van der Waals surface area contributed by atoms with Crippen LogP contribution in [0.5, 0.6) is 0 Å². The molecule has 0 saturated heterocycles. The lowest BCUT2D eigenvalue weighted by atomic mass is 10.2. The van der Waals surface area contributed by atoms with Crippen molar-refractivity contribution in [1.82, 2.24) is 9.88 Å². The summed E-state index contributed by atoms with van der Waals surface area (Å²) < 4.78 is 63.5. The number of pyridine rings is 1. The largest absolute Gasteiger partial charge is 0.490 e. The number of hydrogen-bond donors (Lipinski definition) is 2. The Hall–Kier alpha value is -2.86. The van der Waals surface area contributed by atoms with Gasteiger partial charge in [0.1, 0.15) is 0 Å². The fraction of sp³-hybridized carbons (Fsp3) is 0.333. The molecule has 0 fully saturated rings. The van der Waals surface area contributed by atoms with Crippen molar-refractivity contribution >= 4 is 18.3 Å². The molecule has 1 aliphatic rings. The van der Waals surface area contributed by atoms with E-state index in [1.54, 1.807) is 11.1 Å². The molecule has 1 aromatic rings. The molecule has 1 amide bonds. The highest BCUT2D eigenvalue weighted by molar-refractivity contribution is 5.73. The molecule has 7 nitrogen and oxygen atoms in total. The molecule has 2 heterocycles. The Kier molecular flexibility index (Phi) is 7.83. The van der Waals surface area contributed by atoms with Crippen LogP contribution < -0.4 is 0 Å². The summed E-state index contributed by atoms with van der Waals surface area (Å²) in [6.45, 7) is 1.38. The van der Waals surface area contributed by atoms with Gasteiger partial charge < -0.3 is 15.1 Å². The normalized spacial score (nSPS) is 12.8. The van der Waals surface area contributed by atoms with Crippen LogP contribution in [0.3, 0.4) is 0 Å². The first kappa shape index (κ1) is 22.1. The van der Waals surface area contributed by atoms with E-state index >= 15 is 0 Å². The molecule has 25 heavy (non-hydrogen) atoms. The van der Waals surface area contributed by atoms with Gasteiger partial charge in [0, 0.05) is 12.7 Å². The van der Waals surface area contributed by atoms with Gasteiger partial charge in [-0.3, -0.25) is 9.78 Å². The van der Waals surface area contributed by atoms with Crippen LogP contribution in [0, 0.1) is 0 Å². The minimum atomic E-state index is -5.08. The van der Waals surface area contributed by atoms with Crippen molar-refractivity contribution < 1.29 is 50.9 Å². The Morgan fingerprint density at radius 3 is 1.80 bits per heavy atom. The molecule has 0 aliphatic carbocycles. The first-order chi connectivity index (χ1) is 11.3. The third-order valence-corrected chi connectivity index (χ3v) is 2.34. The lowest BCUT2D eigenvalue weighted by Crippen LogP contribution is -2.21. The first-order valence-electron chi connectivity index (χ1n) is 6.01. The van der Waals surface area contributed by atoms with Gasteiger partial charge in [0.25, 0.3) is 0 Å².